The number of ether oxygens (including phenoxy) is 2. The zero-order valence-electron chi connectivity index (χ0n) is 17.6. The molecule has 3 unspecified atom stereocenters. The Morgan fingerprint density at radius 3 is 2.17 bits per heavy atom. The summed E-state index contributed by atoms with van der Waals surface area (Å²) in [5.74, 6) is -1.81. The van der Waals surface area contributed by atoms with E-state index in [0.29, 0.717) is 24.3 Å². The molecule has 1 aromatic rings. The first-order valence-electron chi connectivity index (χ1n) is 9.96. The van der Waals surface area contributed by atoms with Gasteiger partial charge in [-0.1, -0.05) is 20.3 Å². The van der Waals surface area contributed by atoms with Gasteiger partial charge < -0.3 is 20.1 Å². The lowest BCUT2D eigenvalue weighted by molar-refractivity contribution is -0.184. The number of carbonyl (C=O) groups excluding carboxylic acids is 2. The summed E-state index contributed by atoms with van der Waals surface area (Å²) >= 11 is 0. The van der Waals surface area contributed by atoms with Crippen LogP contribution in [0.1, 0.15) is 49.9 Å². The fraction of sp³-hybridized carbons (Fsp3) is 0.619. The van der Waals surface area contributed by atoms with Gasteiger partial charge in [-0.25, -0.2) is 0 Å². The van der Waals surface area contributed by atoms with Crippen LogP contribution >= 0.6 is 0 Å². The SMILES string of the molecule is COc1cc(OC)cc(C(=O)NC(C(=O)NC2CCCC(C(F)(F)F)C2)C(C)C)c1. The minimum Gasteiger partial charge on any atom is -0.497 e. The zero-order chi connectivity index (χ0) is 22.5. The number of alkyl halides is 3. The summed E-state index contributed by atoms with van der Waals surface area (Å²) in [6.45, 7) is 3.52. The predicted molar refractivity (Wildman–Crippen MR) is 106 cm³/mol. The lowest BCUT2D eigenvalue weighted by atomic mass is 9.85. The van der Waals surface area contributed by atoms with Crippen LogP contribution in [-0.4, -0.2) is 44.3 Å². The molecular formula is C21H29F3N2O4. The molecule has 1 saturated carbocycles. The van der Waals surface area contributed by atoms with Crippen LogP contribution in [0.15, 0.2) is 18.2 Å². The third-order valence-corrected chi connectivity index (χ3v) is 5.33. The predicted octanol–water partition coefficient (Wildman–Crippen LogP) is 3.70. The second-order valence-corrected chi connectivity index (χ2v) is 7.91. The van der Waals surface area contributed by atoms with E-state index < -0.39 is 36.0 Å². The second-order valence-electron chi connectivity index (χ2n) is 7.91. The number of methoxy groups -OCH3 is 2. The van der Waals surface area contributed by atoms with Crippen molar-refractivity contribution >= 4 is 11.8 Å². The van der Waals surface area contributed by atoms with Gasteiger partial charge in [-0.05, 0) is 37.3 Å². The first-order valence-corrected chi connectivity index (χ1v) is 9.96. The van der Waals surface area contributed by atoms with Crippen LogP contribution in [0.3, 0.4) is 0 Å². The van der Waals surface area contributed by atoms with Crippen molar-refractivity contribution in [1.82, 2.24) is 10.6 Å². The Kier molecular flexibility index (Phi) is 7.97. The van der Waals surface area contributed by atoms with E-state index in [9.17, 15) is 22.8 Å². The topological polar surface area (TPSA) is 76.7 Å². The van der Waals surface area contributed by atoms with Gasteiger partial charge in [-0.3, -0.25) is 9.59 Å². The summed E-state index contributed by atoms with van der Waals surface area (Å²) in [7, 11) is 2.92. The van der Waals surface area contributed by atoms with Crippen LogP contribution < -0.4 is 20.1 Å². The molecule has 30 heavy (non-hydrogen) atoms. The third-order valence-electron chi connectivity index (χ3n) is 5.33. The quantitative estimate of drug-likeness (QED) is 0.692. The molecule has 0 bridgehead atoms. The van der Waals surface area contributed by atoms with Crippen molar-refractivity contribution in [2.75, 3.05) is 14.2 Å². The summed E-state index contributed by atoms with van der Waals surface area (Å²) in [4.78, 5) is 25.5. The molecule has 2 rings (SSSR count). The summed E-state index contributed by atoms with van der Waals surface area (Å²) in [5, 5.41) is 5.38. The molecule has 0 spiro atoms. The molecule has 0 aliphatic heterocycles. The maximum atomic E-state index is 13.0. The van der Waals surface area contributed by atoms with E-state index in [0.717, 1.165) is 0 Å². The maximum absolute atomic E-state index is 13.0. The molecular weight excluding hydrogens is 401 g/mol. The molecule has 2 N–H and O–H groups in total. The van der Waals surface area contributed by atoms with Crippen molar-refractivity contribution in [2.24, 2.45) is 11.8 Å². The highest BCUT2D eigenvalue weighted by atomic mass is 19.4. The second kappa shape index (κ2) is 10.0. The fourth-order valence-corrected chi connectivity index (χ4v) is 3.61. The molecule has 2 amide bonds. The highest BCUT2D eigenvalue weighted by molar-refractivity contribution is 5.98. The van der Waals surface area contributed by atoms with Gasteiger partial charge >= 0.3 is 6.18 Å². The van der Waals surface area contributed by atoms with Gasteiger partial charge in [0.2, 0.25) is 5.91 Å². The molecule has 1 aromatic carbocycles. The van der Waals surface area contributed by atoms with E-state index in [1.165, 1.54) is 26.4 Å². The highest BCUT2D eigenvalue weighted by Crippen LogP contribution is 2.37. The normalized spacial score (nSPS) is 20.4. The summed E-state index contributed by atoms with van der Waals surface area (Å²) < 4.78 is 49.4. The van der Waals surface area contributed by atoms with Crippen molar-refractivity contribution in [2.45, 2.75) is 57.8 Å². The summed E-state index contributed by atoms with van der Waals surface area (Å²) in [5.41, 5.74) is 0.249. The Morgan fingerprint density at radius 2 is 1.67 bits per heavy atom. The number of hydrogen-bond acceptors (Lipinski definition) is 4. The van der Waals surface area contributed by atoms with E-state index in [1.807, 2.05) is 0 Å². The minimum atomic E-state index is -4.26. The van der Waals surface area contributed by atoms with E-state index in [4.69, 9.17) is 9.47 Å². The first kappa shape index (κ1) is 23.8. The molecule has 0 saturated heterocycles. The van der Waals surface area contributed by atoms with Crippen LogP contribution in [-0.2, 0) is 4.79 Å². The minimum absolute atomic E-state index is 0.0812. The van der Waals surface area contributed by atoms with Gasteiger partial charge in [0.25, 0.3) is 5.91 Å². The van der Waals surface area contributed by atoms with Crippen LogP contribution in [0.2, 0.25) is 0 Å². The standard InChI is InChI=1S/C21H29F3N2O4/c1-12(2)18(20(28)25-15-7-5-6-14(10-15)21(22,23)24)26-19(27)13-8-16(29-3)11-17(9-13)30-4/h8-9,11-12,14-15,18H,5-7,10H2,1-4H3,(H,25,28)(H,26,27). The number of hydrogen-bond donors (Lipinski definition) is 2. The first-order chi connectivity index (χ1) is 14.0. The number of carbonyl (C=O) groups is 2. The van der Waals surface area contributed by atoms with Gasteiger partial charge in [-0.15, -0.1) is 0 Å². The Balaban J connectivity index is 2.08. The van der Waals surface area contributed by atoms with Crippen molar-refractivity contribution in [1.29, 1.82) is 0 Å². The van der Waals surface area contributed by atoms with E-state index >= 15 is 0 Å². The molecule has 3 atom stereocenters. The number of rotatable bonds is 7. The van der Waals surface area contributed by atoms with E-state index in [1.54, 1.807) is 19.9 Å². The van der Waals surface area contributed by atoms with Gasteiger partial charge in [0, 0.05) is 17.7 Å². The van der Waals surface area contributed by atoms with Crippen molar-refractivity contribution in [3.63, 3.8) is 0 Å². The largest absolute Gasteiger partial charge is 0.497 e. The van der Waals surface area contributed by atoms with Crippen LogP contribution in [0, 0.1) is 11.8 Å². The van der Waals surface area contributed by atoms with Crippen molar-refractivity contribution in [3.05, 3.63) is 23.8 Å². The van der Waals surface area contributed by atoms with Crippen LogP contribution in [0.5, 0.6) is 11.5 Å². The fourth-order valence-electron chi connectivity index (χ4n) is 3.61. The molecule has 0 aromatic heterocycles. The van der Waals surface area contributed by atoms with E-state index in [2.05, 4.69) is 10.6 Å². The number of halogens is 3. The number of amides is 2. The van der Waals surface area contributed by atoms with Gasteiger partial charge in [0.05, 0.1) is 20.1 Å². The molecule has 0 radical (unpaired) electrons. The Bertz CT molecular complexity index is 730. The lowest BCUT2D eigenvalue weighted by Crippen LogP contribution is -2.53. The molecule has 168 valence electrons. The Morgan fingerprint density at radius 1 is 1.07 bits per heavy atom. The van der Waals surface area contributed by atoms with Gasteiger partial charge in [0.1, 0.15) is 17.5 Å². The average Bonchev–Trinajstić information content (AvgIpc) is 2.70. The lowest BCUT2D eigenvalue weighted by Gasteiger charge is -2.32. The zero-order valence-corrected chi connectivity index (χ0v) is 17.6. The molecule has 1 aliphatic rings. The molecule has 0 heterocycles. The highest BCUT2D eigenvalue weighted by Gasteiger charge is 2.42. The summed E-state index contributed by atoms with van der Waals surface area (Å²) in [6, 6.07) is 3.20. The molecule has 9 heteroatoms. The summed E-state index contributed by atoms with van der Waals surface area (Å²) in [6.07, 6.45) is -3.43. The average molecular weight is 430 g/mol. The maximum Gasteiger partial charge on any atom is 0.391 e. The third kappa shape index (κ3) is 6.27. The van der Waals surface area contributed by atoms with Crippen molar-refractivity contribution in [3.8, 4) is 11.5 Å². The number of benzene rings is 1. The monoisotopic (exact) mass is 430 g/mol. The van der Waals surface area contributed by atoms with E-state index in [-0.39, 0.29) is 24.3 Å². The van der Waals surface area contributed by atoms with Gasteiger partial charge in [0.15, 0.2) is 0 Å². The Hall–Kier alpha value is -2.45. The van der Waals surface area contributed by atoms with Crippen LogP contribution in [0.25, 0.3) is 0 Å². The van der Waals surface area contributed by atoms with Gasteiger partial charge in [-0.2, -0.15) is 13.2 Å². The number of nitrogens with one attached hydrogen (secondary N) is 2. The van der Waals surface area contributed by atoms with Crippen molar-refractivity contribution < 1.29 is 32.2 Å². The molecule has 6 nitrogen and oxygen atoms in total. The smallest absolute Gasteiger partial charge is 0.391 e. The molecule has 1 fully saturated rings. The Labute approximate surface area is 174 Å². The molecule has 1 aliphatic carbocycles. The van der Waals surface area contributed by atoms with Crippen LogP contribution in [0.4, 0.5) is 13.2 Å².